The van der Waals surface area contributed by atoms with Crippen molar-refractivity contribution in [1.29, 1.82) is 0 Å². The summed E-state index contributed by atoms with van der Waals surface area (Å²) in [6.45, 7) is 3.67. The van der Waals surface area contributed by atoms with Crippen LogP contribution in [0.15, 0.2) is 40.1 Å². The fourth-order valence-electron chi connectivity index (χ4n) is 3.57. The van der Waals surface area contributed by atoms with Gasteiger partial charge in [0.2, 0.25) is 5.78 Å². The quantitative estimate of drug-likeness (QED) is 0.498. The van der Waals surface area contributed by atoms with Gasteiger partial charge in [-0.2, -0.15) is 4.98 Å². The fraction of sp³-hybridized carbons (Fsp3) is 0.350. The molecule has 0 spiro atoms. The summed E-state index contributed by atoms with van der Waals surface area (Å²) in [4.78, 5) is 32.9. The van der Waals surface area contributed by atoms with E-state index >= 15 is 0 Å². The van der Waals surface area contributed by atoms with Gasteiger partial charge in [0.15, 0.2) is 11.2 Å². The van der Waals surface area contributed by atoms with Gasteiger partial charge in [0.1, 0.15) is 0 Å². The molecule has 8 nitrogen and oxygen atoms in total. The Kier molecular flexibility index (Phi) is 4.84. The summed E-state index contributed by atoms with van der Waals surface area (Å²) in [6, 6.07) is 7.21. The maximum Gasteiger partial charge on any atom is 0.332 e. The molecular formula is C20H23ClN6O2. The highest BCUT2D eigenvalue weighted by Gasteiger charge is 2.20. The monoisotopic (exact) mass is 414 g/mol. The van der Waals surface area contributed by atoms with E-state index < -0.39 is 5.69 Å². The number of benzene rings is 1. The van der Waals surface area contributed by atoms with E-state index in [1.165, 1.54) is 9.13 Å². The zero-order valence-electron chi connectivity index (χ0n) is 16.9. The molecule has 1 aromatic carbocycles. The number of imidazole rings is 2. The molecule has 152 valence electrons. The van der Waals surface area contributed by atoms with Crippen LogP contribution in [0.1, 0.15) is 11.3 Å². The molecule has 0 aliphatic heterocycles. The van der Waals surface area contributed by atoms with E-state index in [-0.39, 0.29) is 12.1 Å². The highest BCUT2D eigenvalue weighted by molar-refractivity contribution is 6.31. The van der Waals surface area contributed by atoms with Crippen LogP contribution >= 0.6 is 11.6 Å². The van der Waals surface area contributed by atoms with Gasteiger partial charge in [0.05, 0.1) is 6.54 Å². The number of rotatable bonds is 5. The van der Waals surface area contributed by atoms with E-state index in [1.54, 1.807) is 17.5 Å². The third-order valence-electron chi connectivity index (χ3n) is 5.20. The van der Waals surface area contributed by atoms with Gasteiger partial charge in [-0.3, -0.25) is 18.3 Å². The van der Waals surface area contributed by atoms with Crippen LogP contribution in [0.4, 0.5) is 0 Å². The minimum Gasteiger partial charge on any atom is -0.313 e. The number of aryl methyl sites for hydroxylation is 2. The molecule has 4 rings (SSSR count). The fourth-order valence-corrected chi connectivity index (χ4v) is 3.76. The van der Waals surface area contributed by atoms with Crippen molar-refractivity contribution in [2.45, 2.75) is 20.0 Å². The topological polar surface area (TPSA) is 69.5 Å². The van der Waals surface area contributed by atoms with Crippen molar-refractivity contribution in [1.82, 2.24) is 28.0 Å². The number of likely N-dealkylation sites (N-methyl/N-ethyl adjacent to an activating group) is 1. The third-order valence-corrected chi connectivity index (χ3v) is 5.57. The molecule has 29 heavy (non-hydrogen) atoms. The Morgan fingerprint density at radius 3 is 2.55 bits per heavy atom. The maximum absolute atomic E-state index is 13.3. The lowest BCUT2D eigenvalue weighted by molar-refractivity contribution is 0.384. The van der Waals surface area contributed by atoms with E-state index in [0.717, 1.165) is 18.8 Å². The molecule has 3 aromatic heterocycles. The lowest BCUT2D eigenvalue weighted by Crippen LogP contribution is -2.39. The molecular weight excluding hydrogens is 392 g/mol. The summed E-state index contributed by atoms with van der Waals surface area (Å²) in [6.07, 6.45) is 1.89. The molecule has 0 amide bonds. The standard InChI is InChI=1S/C20H23ClN6O2/c1-13-11-26-16-17(22-19(26)25(13)10-9-23(2)3)24(4)20(29)27(18(16)28)12-14-7-5-6-8-15(14)21/h5-8,11H,9-10,12H2,1-4H3. The van der Waals surface area contributed by atoms with Gasteiger partial charge in [0, 0.05) is 37.1 Å². The van der Waals surface area contributed by atoms with Gasteiger partial charge >= 0.3 is 5.69 Å². The largest absolute Gasteiger partial charge is 0.332 e. The molecule has 4 aromatic rings. The van der Waals surface area contributed by atoms with Gasteiger partial charge in [-0.25, -0.2) is 4.79 Å². The first-order valence-electron chi connectivity index (χ1n) is 9.35. The number of halogens is 1. The van der Waals surface area contributed by atoms with E-state index in [9.17, 15) is 9.59 Å². The molecule has 9 heteroatoms. The molecule has 3 heterocycles. The van der Waals surface area contributed by atoms with Crippen LogP contribution in [-0.2, 0) is 20.1 Å². The van der Waals surface area contributed by atoms with E-state index in [2.05, 4.69) is 14.5 Å². The van der Waals surface area contributed by atoms with Crippen LogP contribution in [0.25, 0.3) is 16.9 Å². The second-order valence-electron chi connectivity index (χ2n) is 7.50. The van der Waals surface area contributed by atoms with Crippen LogP contribution in [0.3, 0.4) is 0 Å². The molecule has 0 unspecified atom stereocenters. The maximum atomic E-state index is 13.3. The first-order valence-corrected chi connectivity index (χ1v) is 9.73. The molecule has 0 radical (unpaired) electrons. The van der Waals surface area contributed by atoms with Crippen LogP contribution in [0, 0.1) is 6.92 Å². The molecule has 0 fully saturated rings. The number of aromatic nitrogens is 5. The zero-order chi connectivity index (χ0) is 20.9. The summed E-state index contributed by atoms with van der Waals surface area (Å²) in [5.74, 6) is 0.655. The van der Waals surface area contributed by atoms with E-state index in [4.69, 9.17) is 11.6 Å². The average Bonchev–Trinajstić information content (AvgIpc) is 3.18. The molecule has 0 N–H and O–H groups in total. The number of hydrogen-bond acceptors (Lipinski definition) is 4. The molecule has 0 aliphatic carbocycles. The SMILES string of the molecule is Cc1cn2c3c(=O)n(Cc4ccccc4Cl)c(=O)n(C)c3nc2n1CCN(C)C. The Bertz CT molecular complexity index is 1340. The van der Waals surface area contributed by atoms with Crippen LogP contribution in [0.2, 0.25) is 5.02 Å². The highest BCUT2D eigenvalue weighted by Crippen LogP contribution is 2.18. The summed E-state index contributed by atoms with van der Waals surface area (Å²) in [5, 5.41) is 0.519. The second-order valence-corrected chi connectivity index (χ2v) is 7.91. The molecule has 0 saturated heterocycles. The zero-order valence-corrected chi connectivity index (χ0v) is 17.6. The number of nitrogens with zero attached hydrogens (tertiary/aromatic N) is 6. The lowest BCUT2D eigenvalue weighted by atomic mass is 10.2. The van der Waals surface area contributed by atoms with Gasteiger partial charge in [-0.05, 0) is 32.6 Å². The van der Waals surface area contributed by atoms with Crippen LogP contribution in [-0.4, -0.2) is 48.6 Å². The Morgan fingerprint density at radius 1 is 1.14 bits per heavy atom. The van der Waals surface area contributed by atoms with Crippen LogP contribution in [0.5, 0.6) is 0 Å². The van der Waals surface area contributed by atoms with Crippen molar-refractivity contribution < 1.29 is 0 Å². The Hall–Kier alpha value is -2.84. The minimum absolute atomic E-state index is 0.106. The van der Waals surface area contributed by atoms with E-state index in [0.29, 0.717) is 27.5 Å². The summed E-state index contributed by atoms with van der Waals surface area (Å²) >= 11 is 6.25. The summed E-state index contributed by atoms with van der Waals surface area (Å²) < 4.78 is 6.48. The third kappa shape index (κ3) is 3.18. The molecule has 0 saturated carbocycles. The van der Waals surface area contributed by atoms with Crippen molar-refractivity contribution in [2.24, 2.45) is 7.05 Å². The van der Waals surface area contributed by atoms with E-state index in [1.807, 2.05) is 45.4 Å². The molecule has 0 atom stereocenters. The first-order chi connectivity index (χ1) is 13.8. The average molecular weight is 415 g/mol. The van der Waals surface area contributed by atoms with Gasteiger partial charge in [-0.1, -0.05) is 29.8 Å². The van der Waals surface area contributed by atoms with Crippen molar-refractivity contribution in [2.75, 3.05) is 20.6 Å². The smallest absolute Gasteiger partial charge is 0.313 e. The van der Waals surface area contributed by atoms with Crippen molar-refractivity contribution in [3.63, 3.8) is 0 Å². The number of hydrogen-bond donors (Lipinski definition) is 0. The Labute approximate surface area is 172 Å². The Morgan fingerprint density at radius 2 is 1.86 bits per heavy atom. The predicted molar refractivity (Wildman–Crippen MR) is 114 cm³/mol. The van der Waals surface area contributed by atoms with Crippen molar-refractivity contribution in [3.05, 3.63) is 67.6 Å². The molecule has 0 aliphatic rings. The van der Waals surface area contributed by atoms with Gasteiger partial charge in [-0.15, -0.1) is 0 Å². The molecule has 0 bridgehead atoms. The van der Waals surface area contributed by atoms with Gasteiger partial charge in [0.25, 0.3) is 5.56 Å². The summed E-state index contributed by atoms with van der Waals surface area (Å²) in [5.41, 5.74) is 1.69. The Balaban J connectivity index is 1.95. The summed E-state index contributed by atoms with van der Waals surface area (Å²) in [7, 11) is 5.65. The van der Waals surface area contributed by atoms with Crippen LogP contribution < -0.4 is 11.2 Å². The number of fused-ring (bicyclic) bond motifs is 3. The van der Waals surface area contributed by atoms with Gasteiger partial charge < -0.3 is 9.47 Å². The first kappa shape index (κ1) is 19.5. The second kappa shape index (κ2) is 7.20. The highest BCUT2D eigenvalue weighted by atomic mass is 35.5. The van der Waals surface area contributed by atoms with Crippen molar-refractivity contribution >= 4 is 28.5 Å². The lowest BCUT2D eigenvalue weighted by Gasteiger charge is -2.11. The van der Waals surface area contributed by atoms with Crippen molar-refractivity contribution in [3.8, 4) is 0 Å². The predicted octanol–water partition coefficient (Wildman–Crippen LogP) is 1.72. The minimum atomic E-state index is -0.417. The normalized spacial score (nSPS) is 11.9.